The Morgan fingerprint density at radius 3 is 1.86 bits per heavy atom. The highest BCUT2D eigenvalue weighted by Crippen LogP contribution is 2.41. The molecule has 0 fully saturated rings. The Bertz CT molecular complexity index is 767. The zero-order valence-corrected chi connectivity index (χ0v) is 22.5. The smallest absolute Gasteiger partial charge is 0.323 e. The van der Waals surface area contributed by atoms with Crippen LogP contribution in [-0.2, 0) is 20.7 Å². The predicted molar refractivity (Wildman–Crippen MR) is 137 cm³/mol. The summed E-state index contributed by atoms with van der Waals surface area (Å²) in [6, 6.07) is 3.12. The van der Waals surface area contributed by atoms with Gasteiger partial charge in [0.05, 0.1) is 20.8 Å². The summed E-state index contributed by atoms with van der Waals surface area (Å²) in [7, 11) is 2.83. The van der Waals surface area contributed by atoms with Crippen LogP contribution in [0.3, 0.4) is 0 Å². The zero-order valence-electron chi connectivity index (χ0n) is 22.5. The molecule has 0 radical (unpaired) electrons. The highest BCUT2D eigenvalue weighted by atomic mass is 16.5. The zero-order chi connectivity index (χ0) is 26.4. The van der Waals surface area contributed by atoms with Gasteiger partial charge in [-0.25, -0.2) is 0 Å². The van der Waals surface area contributed by atoms with Crippen molar-refractivity contribution >= 4 is 11.9 Å². The van der Waals surface area contributed by atoms with Gasteiger partial charge in [0, 0.05) is 0 Å². The number of ether oxygens (including phenoxy) is 3. The van der Waals surface area contributed by atoms with E-state index in [9.17, 15) is 19.8 Å². The third-order valence-electron chi connectivity index (χ3n) is 7.02. The molecule has 200 valence electrons. The molecule has 0 amide bonds. The summed E-state index contributed by atoms with van der Waals surface area (Å²) in [5.74, 6) is -1.45. The number of esters is 1. The second-order valence-corrected chi connectivity index (χ2v) is 9.55. The first kappa shape index (κ1) is 30.6. The number of carboxylic acid groups (broad SMARTS) is 1. The molecular weight excluding hydrogens is 448 g/mol. The van der Waals surface area contributed by atoms with Gasteiger partial charge in [-0.2, -0.15) is 0 Å². The second-order valence-electron chi connectivity index (χ2n) is 9.55. The fraction of sp³-hybridized carbons (Fsp3) is 0.714. The van der Waals surface area contributed by atoms with Crippen LogP contribution in [0, 0.1) is 17.3 Å². The third kappa shape index (κ3) is 8.62. The lowest BCUT2D eigenvalue weighted by Gasteiger charge is -2.32. The Morgan fingerprint density at radius 1 is 0.914 bits per heavy atom. The maximum atomic E-state index is 13.6. The summed E-state index contributed by atoms with van der Waals surface area (Å²) in [6.07, 6.45) is 7.63. The molecule has 0 aliphatic rings. The molecule has 0 aliphatic heterocycles. The number of phenols is 1. The van der Waals surface area contributed by atoms with E-state index in [-0.39, 0.29) is 48.5 Å². The van der Waals surface area contributed by atoms with Crippen LogP contribution in [0.25, 0.3) is 0 Å². The molecule has 0 spiro atoms. The molecule has 3 atom stereocenters. The molecule has 35 heavy (non-hydrogen) atoms. The molecule has 0 bridgehead atoms. The summed E-state index contributed by atoms with van der Waals surface area (Å²) < 4.78 is 16.3. The number of carbonyl (C=O) groups excluding carboxylic acids is 1. The normalized spacial score (nSPS) is 14.6. The van der Waals surface area contributed by atoms with E-state index in [1.54, 1.807) is 12.1 Å². The number of carbonyl (C=O) groups is 2. The Labute approximate surface area is 211 Å². The number of aromatic hydroxyl groups is 1. The number of aliphatic carboxylic acids is 1. The lowest BCUT2D eigenvalue weighted by Crippen LogP contribution is -2.44. The van der Waals surface area contributed by atoms with E-state index in [4.69, 9.17) is 14.2 Å². The number of unbranched alkanes of at least 4 members (excludes halogenated alkanes) is 2. The van der Waals surface area contributed by atoms with Crippen LogP contribution in [0.1, 0.15) is 91.0 Å². The number of hydrogen-bond donors (Lipinski definition) is 2. The predicted octanol–water partition coefficient (Wildman–Crippen LogP) is 6.39. The fourth-order valence-electron chi connectivity index (χ4n) is 4.54. The average molecular weight is 495 g/mol. The van der Waals surface area contributed by atoms with Crippen LogP contribution in [-0.4, -0.2) is 43.0 Å². The topological polar surface area (TPSA) is 102 Å². The van der Waals surface area contributed by atoms with Crippen molar-refractivity contribution in [2.24, 2.45) is 17.3 Å². The molecule has 7 nitrogen and oxygen atoms in total. The number of phenolic OH excluding ortho intramolecular Hbond substituents is 1. The van der Waals surface area contributed by atoms with Crippen molar-refractivity contribution in [2.45, 2.75) is 91.9 Å². The Balaban J connectivity index is 3.41. The van der Waals surface area contributed by atoms with Crippen molar-refractivity contribution in [3.8, 4) is 17.2 Å². The van der Waals surface area contributed by atoms with E-state index < -0.39 is 17.4 Å². The van der Waals surface area contributed by atoms with Crippen molar-refractivity contribution in [1.82, 2.24) is 0 Å². The van der Waals surface area contributed by atoms with Gasteiger partial charge in [0.1, 0.15) is 0 Å². The van der Waals surface area contributed by atoms with Crippen LogP contribution < -0.4 is 9.47 Å². The van der Waals surface area contributed by atoms with Gasteiger partial charge < -0.3 is 24.4 Å². The van der Waals surface area contributed by atoms with Crippen molar-refractivity contribution in [3.05, 3.63) is 17.7 Å². The maximum absolute atomic E-state index is 13.6. The fourth-order valence-corrected chi connectivity index (χ4v) is 4.54. The minimum Gasteiger partial charge on any atom is -0.502 e. The second kappa shape index (κ2) is 15.5. The summed E-state index contributed by atoms with van der Waals surface area (Å²) >= 11 is 0. The Kier molecular flexibility index (Phi) is 13.6. The van der Waals surface area contributed by atoms with E-state index in [1.165, 1.54) is 14.2 Å². The van der Waals surface area contributed by atoms with Gasteiger partial charge in [0.15, 0.2) is 16.9 Å². The van der Waals surface area contributed by atoms with E-state index in [1.807, 2.05) is 6.92 Å². The number of methoxy groups -OCH3 is 2. The molecule has 0 aliphatic carbocycles. The summed E-state index contributed by atoms with van der Waals surface area (Å²) in [5.41, 5.74) is -1.22. The van der Waals surface area contributed by atoms with E-state index in [0.29, 0.717) is 5.56 Å². The lowest BCUT2D eigenvalue weighted by atomic mass is 9.72. The standard InChI is InChI=1S/C28H46O7/c1-7-11-13-20(9-3)17-28(26(30)31,27(32)35-19-21(10-4)14-12-8-2)18-22-15-23(33-5)25(29)24(16-22)34-6/h15-16,20-21,29H,7-14,17-19H2,1-6H3,(H,30,31). The third-order valence-corrected chi connectivity index (χ3v) is 7.02. The highest BCUT2D eigenvalue weighted by Gasteiger charge is 2.49. The number of carboxylic acids is 1. The molecule has 0 aromatic heterocycles. The highest BCUT2D eigenvalue weighted by molar-refractivity contribution is 5.99. The van der Waals surface area contributed by atoms with Crippen LogP contribution in [0.5, 0.6) is 17.2 Å². The first-order valence-electron chi connectivity index (χ1n) is 13.1. The van der Waals surface area contributed by atoms with Gasteiger partial charge in [-0.15, -0.1) is 0 Å². The average Bonchev–Trinajstić information content (AvgIpc) is 2.86. The molecule has 3 unspecified atom stereocenters. The van der Waals surface area contributed by atoms with Crippen molar-refractivity contribution in [3.63, 3.8) is 0 Å². The van der Waals surface area contributed by atoms with Gasteiger partial charge in [-0.1, -0.05) is 72.6 Å². The molecule has 2 N–H and O–H groups in total. The summed E-state index contributed by atoms with van der Waals surface area (Å²) in [4.78, 5) is 26.4. The lowest BCUT2D eigenvalue weighted by molar-refractivity contribution is -0.171. The first-order chi connectivity index (χ1) is 16.7. The van der Waals surface area contributed by atoms with Gasteiger partial charge >= 0.3 is 11.9 Å². The number of rotatable bonds is 18. The number of hydrogen-bond acceptors (Lipinski definition) is 6. The van der Waals surface area contributed by atoms with Crippen LogP contribution in [0.4, 0.5) is 0 Å². The van der Waals surface area contributed by atoms with Crippen molar-refractivity contribution < 1.29 is 34.0 Å². The van der Waals surface area contributed by atoms with Gasteiger partial charge in [-0.05, 0) is 48.8 Å². The molecule has 0 heterocycles. The monoisotopic (exact) mass is 494 g/mol. The maximum Gasteiger partial charge on any atom is 0.323 e. The summed E-state index contributed by atoms with van der Waals surface area (Å²) in [5, 5.41) is 20.8. The van der Waals surface area contributed by atoms with Crippen LogP contribution in [0.2, 0.25) is 0 Å². The minimum absolute atomic E-state index is 0.0709. The van der Waals surface area contributed by atoms with Gasteiger partial charge in [-0.3, -0.25) is 9.59 Å². The number of benzene rings is 1. The molecule has 7 heteroatoms. The SMILES string of the molecule is CCCCC(CC)COC(=O)C(Cc1cc(OC)c(O)c(OC)c1)(CC(CC)CCCC)C(=O)O. The van der Waals surface area contributed by atoms with Crippen molar-refractivity contribution in [1.29, 1.82) is 0 Å². The summed E-state index contributed by atoms with van der Waals surface area (Å²) in [6.45, 7) is 8.53. The van der Waals surface area contributed by atoms with Crippen LogP contribution >= 0.6 is 0 Å². The molecular formula is C28H46O7. The molecule has 1 rings (SSSR count). The quantitative estimate of drug-likeness (QED) is 0.180. The molecule has 1 aromatic rings. The minimum atomic E-state index is -1.75. The first-order valence-corrected chi connectivity index (χ1v) is 13.1. The Hall–Kier alpha value is -2.44. The van der Waals surface area contributed by atoms with E-state index in [0.717, 1.165) is 51.4 Å². The van der Waals surface area contributed by atoms with Gasteiger partial charge in [0.2, 0.25) is 5.75 Å². The van der Waals surface area contributed by atoms with Crippen LogP contribution in [0.15, 0.2) is 12.1 Å². The molecule has 0 saturated carbocycles. The van der Waals surface area contributed by atoms with E-state index >= 15 is 0 Å². The van der Waals surface area contributed by atoms with E-state index in [2.05, 4.69) is 20.8 Å². The van der Waals surface area contributed by atoms with Crippen molar-refractivity contribution in [2.75, 3.05) is 20.8 Å². The molecule has 1 aromatic carbocycles. The largest absolute Gasteiger partial charge is 0.502 e. The molecule has 0 saturated heterocycles. The Morgan fingerprint density at radius 2 is 1.43 bits per heavy atom. The van der Waals surface area contributed by atoms with Gasteiger partial charge in [0.25, 0.3) is 0 Å².